The van der Waals surface area contributed by atoms with Crippen LogP contribution in [0, 0.1) is 17.3 Å². The largest absolute Gasteiger partial charge is 0.372 e. The van der Waals surface area contributed by atoms with E-state index in [4.69, 9.17) is 14.5 Å². The van der Waals surface area contributed by atoms with E-state index in [1.807, 2.05) is 0 Å². The molecule has 1 unspecified atom stereocenters. The third-order valence-electron chi connectivity index (χ3n) is 8.67. The second-order valence-corrected chi connectivity index (χ2v) is 11.2. The minimum Gasteiger partial charge on any atom is -0.372 e. The Bertz CT molecular complexity index is 870. The summed E-state index contributed by atoms with van der Waals surface area (Å²) in [5, 5.41) is 3.44. The second-order valence-electron chi connectivity index (χ2n) is 11.2. The first kappa shape index (κ1) is 20.8. The molecule has 0 radical (unpaired) electrons. The van der Waals surface area contributed by atoms with Gasteiger partial charge in [-0.15, -0.1) is 0 Å². The van der Waals surface area contributed by atoms with Crippen LogP contribution in [0.25, 0.3) is 0 Å². The van der Waals surface area contributed by atoms with Crippen LogP contribution in [0.5, 0.6) is 0 Å². The molecule has 0 aromatic carbocycles. The zero-order valence-corrected chi connectivity index (χ0v) is 19.4. The molecule has 1 N–H and O–H groups in total. The predicted octanol–water partition coefficient (Wildman–Crippen LogP) is 3.64. The Kier molecular flexibility index (Phi) is 5.17. The lowest BCUT2D eigenvalue weighted by atomic mass is 9.45. The predicted molar refractivity (Wildman–Crippen MR) is 121 cm³/mol. The van der Waals surface area contributed by atoms with Crippen molar-refractivity contribution < 1.29 is 14.3 Å². The second kappa shape index (κ2) is 7.94. The lowest BCUT2D eigenvalue weighted by molar-refractivity contribution is -0.0945. The highest BCUT2D eigenvalue weighted by Gasteiger charge is 2.56. The molecule has 1 aromatic heterocycles. The summed E-state index contributed by atoms with van der Waals surface area (Å²) in [6.07, 6.45) is 11.7. The number of amides is 1. The number of rotatable bonds is 4. The van der Waals surface area contributed by atoms with Gasteiger partial charge in [-0.05, 0) is 76.0 Å². The number of ether oxygens (including phenoxy) is 2. The van der Waals surface area contributed by atoms with Crippen LogP contribution < -0.4 is 10.2 Å². The van der Waals surface area contributed by atoms with E-state index in [0.29, 0.717) is 34.8 Å². The van der Waals surface area contributed by atoms with Crippen molar-refractivity contribution >= 4 is 11.9 Å². The maximum absolute atomic E-state index is 13.5. The highest BCUT2D eigenvalue weighted by atomic mass is 16.5. The standard InChI is InChI=1S/C25H36N4O3/c1-15-13-29(14-16(2)32-15)24-26-12-19(22(28-24)20-6-4-8-31-20)23(30)27-21-17-5-3-7-25(9-17)10-18(21)11-25/h12,15-18,20-21H,3-11,13-14H2,1-2H3,(H,27,30)/t15-,16+,17?,18?,20-,21+,25?/m1/s1. The van der Waals surface area contributed by atoms with Crippen molar-refractivity contribution in [1.29, 1.82) is 0 Å². The normalized spacial score (nSPS) is 40.6. The first-order valence-corrected chi connectivity index (χ1v) is 12.7. The van der Waals surface area contributed by atoms with Crippen LogP contribution in [-0.2, 0) is 9.47 Å². The molecule has 1 aromatic rings. The first-order chi connectivity index (χ1) is 15.5. The summed E-state index contributed by atoms with van der Waals surface area (Å²) >= 11 is 0. The third-order valence-corrected chi connectivity index (χ3v) is 8.67. The van der Waals surface area contributed by atoms with E-state index < -0.39 is 0 Å². The number of carbonyl (C=O) groups excluding carboxylic acids is 1. The van der Waals surface area contributed by atoms with E-state index in [9.17, 15) is 4.79 Å². The Balaban J connectivity index is 1.25. The summed E-state index contributed by atoms with van der Waals surface area (Å²) in [5.74, 6) is 1.96. The van der Waals surface area contributed by atoms with Gasteiger partial charge in [-0.1, -0.05) is 6.42 Å². The van der Waals surface area contributed by atoms with E-state index in [1.54, 1.807) is 6.20 Å². The molecule has 5 atom stereocenters. The summed E-state index contributed by atoms with van der Waals surface area (Å²) in [7, 11) is 0. The van der Waals surface area contributed by atoms with Gasteiger partial charge in [0.1, 0.15) is 6.10 Å². The van der Waals surface area contributed by atoms with Crippen LogP contribution in [0.1, 0.15) is 87.4 Å². The van der Waals surface area contributed by atoms with Crippen LogP contribution in [0.3, 0.4) is 0 Å². The van der Waals surface area contributed by atoms with Crippen molar-refractivity contribution in [2.75, 3.05) is 24.6 Å². The number of anilines is 1. The summed E-state index contributed by atoms with van der Waals surface area (Å²) in [4.78, 5) is 25.3. The van der Waals surface area contributed by atoms with Gasteiger partial charge in [0, 0.05) is 31.9 Å². The van der Waals surface area contributed by atoms with Crippen molar-refractivity contribution in [3.05, 3.63) is 17.5 Å². The lowest BCUT2D eigenvalue weighted by Crippen LogP contribution is -2.61. The van der Waals surface area contributed by atoms with Gasteiger partial charge < -0.3 is 19.7 Å². The third kappa shape index (κ3) is 3.61. The zero-order valence-electron chi connectivity index (χ0n) is 19.4. The highest BCUT2D eigenvalue weighted by Crippen LogP contribution is 2.63. The molecule has 2 aliphatic heterocycles. The summed E-state index contributed by atoms with van der Waals surface area (Å²) in [6.45, 7) is 6.40. The van der Waals surface area contributed by atoms with Crippen molar-refractivity contribution in [2.45, 2.75) is 89.6 Å². The Morgan fingerprint density at radius 2 is 1.91 bits per heavy atom. The molecule has 2 saturated heterocycles. The summed E-state index contributed by atoms with van der Waals surface area (Å²) < 4.78 is 11.9. The molecule has 7 nitrogen and oxygen atoms in total. The van der Waals surface area contributed by atoms with E-state index in [0.717, 1.165) is 38.2 Å². The highest BCUT2D eigenvalue weighted by molar-refractivity contribution is 5.95. The monoisotopic (exact) mass is 440 g/mol. The molecule has 1 amide bonds. The number of morpholine rings is 1. The molecular formula is C25H36N4O3. The molecule has 3 bridgehead atoms. The molecule has 7 rings (SSSR count). The average Bonchev–Trinajstić information content (AvgIpc) is 3.29. The number of carbonyl (C=O) groups is 1. The van der Waals surface area contributed by atoms with Crippen molar-refractivity contribution in [3.63, 3.8) is 0 Å². The molecule has 1 spiro atoms. The molecule has 6 aliphatic rings. The fraction of sp³-hybridized carbons (Fsp3) is 0.800. The first-order valence-electron chi connectivity index (χ1n) is 12.7. The smallest absolute Gasteiger partial charge is 0.255 e. The molecule has 174 valence electrons. The molecule has 7 heteroatoms. The fourth-order valence-electron chi connectivity index (χ4n) is 7.43. The van der Waals surface area contributed by atoms with Gasteiger partial charge in [-0.3, -0.25) is 4.79 Å². The number of hydrogen-bond donors (Lipinski definition) is 1. The van der Waals surface area contributed by atoms with Gasteiger partial charge >= 0.3 is 0 Å². The Hall–Kier alpha value is -1.73. The molecular weight excluding hydrogens is 404 g/mol. The molecule has 4 aliphatic carbocycles. The van der Waals surface area contributed by atoms with Gasteiger partial charge in [-0.2, -0.15) is 0 Å². The van der Waals surface area contributed by atoms with Crippen LogP contribution in [-0.4, -0.2) is 53.8 Å². The van der Waals surface area contributed by atoms with E-state index in [1.165, 1.54) is 38.5 Å². The molecule has 32 heavy (non-hydrogen) atoms. The van der Waals surface area contributed by atoms with Gasteiger partial charge in [-0.25, -0.2) is 9.97 Å². The molecule has 4 saturated carbocycles. The van der Waals surface area contributed by atoms with E-state index in [2.05, 4.69) is 29.0 Å². The number of nitrogens with one attached hydrogen (secondary N) is 1. The fourth-order valence-corrected chi connectivity index (χ4v) is 7.43. The topological polar surface area (TPSA) is 76.6 Å². The lowest BCUT2D eigenvalue weighted by Gasteiger charge is -2.62. The maximum atomic E-state index is 13.5. The summed E-state index contributed by atoms with van der Waals surface area (Å²) in [6, 6.07) is 0.308. The van der Waals surface area contributed by atoms with Gasteiger partial charge in [0.05, 0.1) is 23.5 Å². The maximum Gasteiger partial charge on any atom is 0.255 e. The average molecular weight is 441 g/mol. The molecule has 3 heterocycles. The van der Waals surface area contributed by atoms with Crippen molar-refractivity contribution in [1.82, 2.24) is 15.3 Å². The van der Waals surface area contributed by atoms with E-state index in [-0.39, 0.29) is 24.2 Å². The quantitative estimate of drug-likeness (QED) is 0.770. The van der Waals surface area contributed by atoms with Crippen LogP contribution in [0.4, 0.5) is 5.95 Å². The van der Waals surface area contributed by atoms with E-state index >= 15 is 0 Å². The number of aromatic nitrogens is 2. The summed E-state index contributed by atoms with van der Waals surface area (Å²) in [5.41, 5.74) is 1.98. The minimum absolute atomic E-state index is 0.0132. The molecule has 6 fully saturated rings. The Morgan fingerprint density at radius 1 is 1.12 bits per heavy atom. The van der Waals surface area contributed by atoms with Gasteiger partial charge in [0.2, 0.25) is 5.95 Å². The van der Waals surface area contributed by atoms with Crippen LogP contribution in [0.15, 0.2) is 6.20 Å². The minimum atomic E-state index is -0.120. The SMILES string of the molecule is C[C@@H]1CN(c2ncc(C(=O)N[C@H]3C4CCCC5(C4)CC3C5)c([C@H]3CCCO3)n2)C[C@H](C)O1. The van der Waals surface area contributed by atoms with Gasteiger partial charge in [0.15, 0.2) is 0 Å². The van der Waals surface area contributed by atoms with Crippen molar-refractivity contribution in [2.24, 2.45) is 17.3 Å². The number of hydrogen-bond acceptors (Lipinski definition) is 6. The van der Waals surface area contributed by atoms with Crippen molar-refractivity contribution in [3.8, 4) is 0 Å². The Morgan fingerprint density at radius 3 is 2.66 bits per heavy atom. The Labute approximate surface area is 190 Å². The zero-order chi connectivity index (χ0) is 21.9. The van der Waals surface area contributed by atoms with Gasteiger partial charge in [0.25, 0.3) is 5.91 Å². The van der Waals surface area contributed by atoms with Crippen LogP contribution >= 0.6 is 0 Å². The number of nitrogens with zero attached hydrogens (tertiary/aromatic N) is 3. The van der Waals surface area contributed by atoms with Crippen LogP contribution in [0.2, 0.25) is 0 Å².